The SMILES string of the molecule is Cc1cc(C)c(-c2nn(C)cc2CNC(C)(C)C)c(C)c1. The molecule has 114 valence electrons. The molecule has 0 radical (unpaired) electrons. The van der Waals surface area contributed by atoms with E-state index in [0.717, 1.165) is 12.2 Å². The molecule has 1 N–H and O–H groups in total. The lowest BCUT2D eigenvalue weighted by Gasteiger charge is -2.20. The van der Waals surface area contributed by atoms with E-state index in [1.165, 1.54) is 27.8 Å². The third-order valence-electron chi connectivity index (χ3n) is 3.63. The van der Waals surface area contributed by atoms with Crippen LogP contribution in [0, 0.1) is 20.8 Å². The Labute approximate surface area is 128 Å². The van der Waals surface area contributed by atoms with Gasteiger partial charge < -0.3 is 5.32 Å². The quantitative estimate of drug-likeness (QED) is 0.927. The van der Waals surface area contributed by atoms with E-state index < -0.39 is 0 Å². The average molecular weight is 285 g/mol. The molecular formula is C18H27N3. The zero-order valence-electron chi connectivity index (χ0n) is 14.3. The van der Waals surface area contributed by atoms with Crippen LogP contribution in [-0.4, -0.2) is 15.3 Å². The molecule has 3 nitrogen and oxygen atoms in total. The molecule has 0 fully saturated rings. The van der Waals surface area contributed by atoms with Crippen LogP contribution in [0.25, 0.3) is 11.3 Å². The van der Waals surface area contributed by atoms with E-state index in [9.17, 15) is 0 Å². The molecule has 1 aromatic carbocycles. The molecular weight excluding hydrogens is 258 g/mol. The summed E-state index contributed by atoms with van der Waals surface area (Å²) in [6.07, 6.45) is 2.12. The fourth-order valence-corrected chi connectivity index (χ4v) is 2.79. The smallest absolute Gasteiger partial charge is 0.0973 e. The number of hydrogen-bond donors (Lipinski definition) is 1. The molecule has 2 rings (SSSR count). The van der Waals surface area contributed by atoms with Gasteiger partial charge in [0.2, 0.25) is 0 Å². The van der Waals surface area contributed by atoms with Gasteiger partial charge in [-0.2, -0.15) is 5.10 Å². The van der Waals surface area contributed by atoms with E-state index in [2.05, 4.69) is 65.2 Å². The number of aryl methyl sites for hydroxylation is 4. The minimum Gasteiger partial charge on any atom is -0.308 e. The van der Waals surface area contributed by atoms with Crippen molar-refractivity contribution in [2.45, 2.75) is 53.6 Å². The summed E-state index contributed by atoms with van der Waals surface area (Å²) in [5, 5.41) is 8.27. The van der Waals surface area contributed by atoms with Crippen LogP contribution in [0.3, 0.4) is 0 Å². The summed E-state index contributed by atoms with van der Waals surface area (Å²) in [7, 11) is 1.99. The molecule has 1 heterocycles. The second-order valence-corrected chi connectivity index (χ2v) is 7.05. The molecule has 0 spiro atoms. The fourth-order valence-electron chi connectivity index (χ4n) is 2.79. The summed E-state index contributed by atoms with van der Waals surface area (Å²) in [6, 6.07) is 4.47. The lowest BCUT2D eigenvalue weighted by atomic mass is 9.95. The molecule has 0 saturated carbocycles. The molecule has 21 heavy (non-hydrogen) atoms. The van der Waals surface area contributed by atoms with E-state index in [-0.39, 0.29) is 5.54 Å². The lowest BCUT2D eigenvalue weighted by Crippen LogP contribution is -2.35. The van der Waals surface area contributed by atoms with Crippen molar-refractivity contribution in [1.29, 1.82) is 0 Å². The minimum absolute atomic E-state index is 0.102. The Morgan fingerprint density at radius 2 is 1.67 bits per heavy atom. The minimum atomic E-state index is 0.102. The van der Waals surface area contributed by atoms with Gasteiger partial charge in [-0.1, -0.05) is 17.7 Å². The first-order valence-corrected chi connectivity index (χ1v) is 7.53. The number of aromatic nitrogens is 2. The first-order chi connectivity index (χ1) is 9.67. The molecule has 0 aliphatic rings. The first-order valence-electron chi connectivity index (χ1n) is 7.53. The van der Waals surface area contributed by atoms with E-state index >= 15 is 0 Å². The van der Waals surface area contributed by atoms with Crippen molar-refractivity contribution in [3.05, 3.63) is 40.6 Å². The van der Waals surface area contributed by atoms with E-state index in [4.69, 9.17) is 5.10 Å². The summed E-state index contributed by atoms with van der Waals surface area (Å²) < 4.78 is 1.91. The molecule has 0 saturated heterocycles. The van der Waals surface area contributed by atoms with Gasteiger partial charge in [0.05, 0.1) is 5.69 Å². The van der Waals surface area contributed by atoms with Gasteiger partial charge in [0.15, 0.2) is 0 Å². The number of rotatable bonds is 3. The third-order valence-corrected chi connectivity index (χ3v) is 3.63. The van der Waals surface area contributed by atoms with Crippen molar-refractivity contribution in [2.75, 3.05) is 0 Å². The normalized spacial score (nSPS) is 12.0. The Bertz CT molecular complexity index is 622. The van der Waals surface area contributed by atoms with E-state index in [1.54, 1.807) is 0 Å². The maximum Gasteiger partial charge on any atom is 0.0973 e. The molecule has 0 bridgehead atoms. The topological polar surface area (TPSA) is 29.9 Å². The van der Waals surface area contributed by atoms with Crippen LogP contribution in [0.5, 0.6) is 0 Å². The molecule has 0 aliphatic carbocycles. The zero-order chi connectivity index (χ0) is 15.8. The zero-order valence-corrected chi connectivity index (χ0v) is 14.3. The lowest BCUT2D eigenvalue weighted by molar-refractivity contribution is 0.424. The highest BCUT2D eigenvalue weighted by molar-refractivity contribution is 5.70. The van der Waals surface area contributed by atoms with Crippen molar-refractivity contribution in [3.63, 3.8) is 0 Å². The van der Waals surface area contributed by atoms with E-state index in [1.807, 2.05) is 11.7 Å². The Balaban J connectivity index is 2.45. The van der Waals surface area contributed by atoms with Crippen molar-refractivity contribution >= 4 is 0 Å². The van der Waals surface area contributed by atoms with Crippen molar-refractivity contribution < 1.29 is 0 Å². The van der Waals surface area contributed by atoms with Crippen LogP contribution in [0.15, 0.2) is 18.3 Å². The van der Waals surface area contributed by atoms with Crippen molar-refractivity contribution in [1.82, 2.24) is 15.1 Å². The van der Waals surface area contributed by atoms with Gasteiger partial charge in [0.25, 0.3) is 0 Å². The van der Waals surface area contributed by atoms with Gasteiger partial charge in [-0.15, -0.1) is 0 Å². The molecule has 2 aromatic rings. The predicted octanol–water partition coefficient (Wildman–Crippen LogP) is 3.90. The van der Waals surface area contributed by atoms with Crippen LogP contribution in [-0.2, 0) is 13.6 Å². The predicted molar refractivity (Wildman–Crippen MR) is 89.4 cm³/mol. The van der Waals surface area contributed by atoms with Crippen molar-refractivity contribution in [3.8, 4) is 11.3 Å². The monoisotopic (exact) mass is 285 g/mol. The fraction of sp³-hybridized carbons (Fsp3) is 0.500. The highest BCUT2D eigenvalue weighted by Crippen LogP contribution is 2.30. The highest BCUT2D eigenvalue weighted by atomic mass is 15.3. The number of nitrogens with zero attached hydrogens (tertiary/aromatic N) is 2. The Morgan fingerprint density at radius 1 is 1.10 bits per heavy atom. The van der Waals surface area contributed by atoms with Crippen LogP contribution >= 0.6 is 0 Å². The second kappa shape index (κ2) is 5.64. The number of nitrogens with one attached hydrogen (secondary N) is 1. The van der Waals surface area contributed by atoms with Gasteiger partial charge in [-0.25, -0.2) is 0 Å². The Kier molecular flexibility index (Phi) is 4.24. The maximum absolute atomic E-state index is 4.71. The van der Waals surface area contributed by atoms with Crippen LogP contribution in [0.4, 0.5) is 0 Å². The standard InChI is InChI=1S/C18H27N3/c1-12-8-13(2)16(14(3)9-12)17-15(11-21(7)20-17)10-19-18(4,5)6/h8-9,11,19H,10H2,1-7H3. The highest BCUT2D eigenvalue weighted by Gasteiger charge is 2.17. The number of benzene rings is 1. The van der Waals surface area contributed by atoms with Crippen LogP contribution in [0.1, 0.15) is 43.0 Å². The molecule has 3 heteroatoms. The average Bonchev–Trinajstić information content (AvgIpc) is 2.65. The molecule has 0 atom stereocenters. The molecule has 0 unspecified atom stereocenters. The maximum atomic E-state index is 4.71. The summed E-state index contributed by atoms with van der Waals surface area (Å²) in [6.45, 7) is 13.9. The summed E-state index contributed by atoms with van der Waals surface area (Å²) >= 11 is 0. The van der Waals surface area contributed by atoms with E-state index in [0.29, 0.717) is 0 Å². The summed E-state index contributed by atoms with van der Waals surface area (Å²) in [4.78, 5) is 0. The summed E-state index contributed by atoms with van der Waals surface area (Å²) in [5.41, 5.74) is 7.62. The first kappa shape index (κ1) is 15.8. The third kappa shape index (κ3) is 3.73. The molecule has 0 aliphatic heterocycles. The van der Waals surface area contributed by atoms with Gasteiger partial charge in [-0.05, 0) is 52.7 Å². The van der Waals surface area contributed by atoms with Gasteiger partial charge in [0.1, 0.15) is 0 Å². The Hall–Kier alpha value is -1.61. The van der Waals surface area contributed by atoms with Crippen molar-refractivity contribution in [2.24, 2.45) is 7.05 Å². The molecule has 0 amide bonds. The summed E-state index contributed by atoms with van der Waals surface area (Å²) in [5.74, 6) is 0. The Morgan fingerprint density at radius 3 is 2.19 bits per heavy atom. The van der Waals surface area contributed by atoms with Gasteiger partial charge >= 0.3 is 0 Å². The van der Waals surface area contributed by atoms with Gasteiger partial charge in [-0.3, -0.25) is 4.68 Å². The van der Waals surface area contributed by atoms with Gasteiger partial charge in [0, 0.05) is 36.5 Å². The molecule has 1 aromatic heterocycles. The van der Waals surface area contributed by atoms with Crippen LogP contribution < -0.4 is 5.32 Å². The second-order valence-electron chi connectivity index (χ2n) is 7.05. The number of hydrogen-bond acceptors (Lipinski definition) is 2. The largest absolute Gasteiger partial charge is 0.308 e. The van der Waals surface area contributed by atoms with Crippen LogP contribution in [0.2, 0.25) is 0 Å².